The van der Waals surface area contributed by atoms with Crippen molar-refractivity contribution >= 4 is 0 Å². The van der Waals surface area contributed by atoms with E-state index < -0.39 is 0 Å². The summed E-state index contributed by atoms with van der Waals surface area (Å²) in [6.45, 7) is 8.51. The van der Waals surface area contributed by atoms with E-state index in [1.165, 1.54) is 24.9 Å². The van der Waals surface area contributed by atoms with E-state index in [1.807, 2.05) is 4.68 Å². The Balaban J connectivity index is 1.87. The van der Waals surface area contributed by atoms with E-state index in [2.05, 4.69) is 42.4 Å². The molecule has 0 radical (unpaired) electrons. The zero-order valence-electron chi connectivity index (χ0n) is 11.2. The zero-order chi connectivity index (χ0) is 12.3. The molecule has 1 N–H and O–H groups in total. The van der Waals surface area contributed by atoms with Gasteiger partial charge in [-0.2, -0.15) is 5.10 Å². The third kappa shape index (κ3) is 3.30. The minimum atomic E-state index is 0.682. The van der Waals surface area contributed by atoms with Gasteiger partial charge in [0.2, 0.25) is 0 Å². The molecule has 96 valence electrons. The lowest BCUT2D eigenvalue weighted by Crippen LogP contribution is -2.35. The summed E-state index contributed by atoms with van der Waals surface area (Å²) in [4.78, 5) is 2.40. The van der Waals surface area contributed by atoms with E-state index in [-0.39, 0.29) is 0 Å². The van der Waals surface area contributed by atoms with Crippen molar-refractivity contribution in [2.24, 2.45) is 0 Å². The Kier molecular flexibility index (Phi) is 4.18. The minimum absolute atomic E-state index is 0.682. The number of nitrogens with zero attached hydrogens (tertiary/aromatic N) is 3. The van der Waals surface area contributed by atoms with Crippen LogP contribution in [0.1, 0.15) is 31.0 Å². The summed E-state index contributed by atoms with van der Waals surface area (Å²) >= 11 is 0. The molecule has 1 aliphatic heterocycles. The van der Waals surface area contributed by atoms with Gasteiger partial charge < -0.3 is 10.2 Å². The van der Waals surface area contributed by atoms with Crippen molar-refractivity contribution < 1.29 is 0 Å². The number of hydrogen-bond donors (Lipinski definition) is 1. The summed E-state index contributed by atoms with van der Waals surface area (Å²) in [5.74, 6) is 0. The first-order valence-electron chi connectivity index (χ1n) is 6.64. The number of likely N-dealkylation sites (N-methyl/N-ethyl adjacent to an activating group) is 1. The molecule has 17 heavy (non-hydrogen) atoms. The maximum absolute atomic E-state index is 4.49. The van der Waals surface area contributed by atoms with E-state index >= 15 is 0 Å². The molecule has 0 saturated carbocycles. The van der Waals surface area contributed by atoms with Gasteiger partial charge in [0.1, 0.15) is 0 Å². The average molecular weight is 236 g/mol. The van der Waals surface area contributed by atoms with Crippen molar-refractivity contribution in [1.82, 2.24) is 20.0 Å². The van der Waals surface area contributed by atoms with Crippen LogP contribution in [0.25, 0.3) is 0 Å². The van der Waals surface area contributed by atoms with Gasteiger partial charge in [0.05, 0.1) is 5.69 Å². The van der Waals surface area contributed by atoms with Crippen LogP contribution in [0.3, 0.4) is 0 Å². The summed E-state index contributed by atoms with van der Waals surface area (Å²) in [5, 5.41) is 8.03. The molecule has 0 spiro atoms. The topological polar surface area (TPSA) is 33.1 Å². The molecule has 0 aliphatic carbocycles. The fourth-order valence-electron chi connectivity index (χ4n) is 2.52. The summed E-state index contributed by atoms with van der Waals surface area (Å²) in [5.41, 5.74) is 2.52. The molecule has 0 bridgehead atoms. The monoisotopic (exact) mass is 236 g/mol. The van der Waals surface area contributed by atoms with Gasteiger partial charge in [-0.25, -0.2) is 0 Å². The lowest BCUT2D eigenvalue weighted by Gasteiger charge is -2.20. The Bertz CT molecular complexity index is 352. The van der Waals surface area contributed by atoms with Gasteiger partial charge in [0.15, 0.2) is 0 Å². The molecule has 1 saturated heterocycles. The standard InChI is InChI=1S/C13H24N4/c1-4-17-9-12(11(2)15-17)8-16(3)10-13-6-5-7-14-13/h9,13-14H,4-8,10H2,1-3H3. The highest BCUT2D eigenvalue weighted by molar-refractivity contribution is 5.15. The maximum Gasteiger partial charge on any atom is 0.0638 e. The average Bonchev–Trinajstić information content (AvgIpc) is 2.89. The first kappa shape index (κ1) is 12.6. The second-order valence-corrected chi connectivity index (χ2v) is 5.09. The largest absolute Gasteiger partial charge is 0.313 e. The summed E-state index contributed by atoms with van der Waals surface area (Å²) in [6, 6.07) is 0.682. The predicted octanol–water partition coefficient (Wildman–Crippen LogP) is 1.40. The quantitative estimate of drug-likeness (QED) is 0.839. The van der Waals surface area contributed by atoms with Crippen molar-refractivity contribution in [3.8, 4) is 0 Å². The van der Waals surface area contributed by atoms with Crippen molar-refractivity contribution in [3.05, 3.63) is 17.5 Å². The van der Waals surface area contributed by atoms with Gasteiger partial charge in [-0.15, -0.1) is 0 Å². The SMILES string of the molecule is CCn1cc(CN(C)CC2CCCN2)c(C)n1. The van der Waals surface area contributed by atoms with Gasteiger partial charge in [0.25, 0.3) is 0 Å². The van der Waals surface area contributed by atoms with Crippen molar-refractivity contribution in [2.45, 2.75) is 45.8 Å². The highest BCUT2D eigenvalue weighted by Gasteiger charge is 2.16. The fraction of sp³-hybridized carbons (Fsp3) is 0.769. The Morgan fingerprint density at radius 2 is 2.41 bits per heavy atom. The zero-order valence-corrected chi connectivity index (χ0v) is 11.2. The normalized spacial score (nSPS) is 20.4. The van der Waals surface area contributed by atoms with E-state index in [9.17, 15) is 0 Å². The van der Waals surface area contributed by atoms with Crippen molar-refractivity contribution in [3.63, 3.8) is 0 Å². The Labute approximate surface area is 104 Å². The van der Waals surface area contributed by atoms with Crippen LogP contribution >= 0.6 is 0 Å². The number of hydrogen-bond acceptors (Lipinski definition) is 3. The number of aryl methyl sites for hydroxylation is 2. The first-order chi connectivity index (χ1) is 8.19. The molecule has 1 fully saturated rings. The molecule has 1 aliphatic rings. The van der Waals surface area contributed by atoms with Gasteiger partial charge in [0, 0.05) is 37.4 Å². The first-order valence-corrected chi connectivity index (χ1v) is 6.64. The summed E-state index contributed by atoms with van der Waals surface area (Å²) in [7, 11) is 2.20. The molecule has 1 atom stereocenters. The predicted molar refractivity (Wildman–Crippen MR) is 70.0 cm³/mol. The molecule has 4 heteroatoms. The molecule has 0 aromatic carbocycles. The number of aromatic nitrogens is 2. The minimum Gasteiger partial charge on any atom is -0.313 e. The van der Waals surface area contributed by atoms with E-state index in [4.69, 9.17) is 0 Å². The highest BCUT2D eigenvalue weighted by Crippen LogP contribution is 2.11. The van der Waals surface area contributed by atoms with Crippen LogP contribution in [0.2, 0.25) is 0 Å². The molecule has 1 unspecified atom stereocenters. The molecule has 2 heterocycles. The summed E-state index contributed by atoms with van der Waals surface area (Å²) < 4.78 is 2.02. The Hall–Kier alpha value is -0.870. The molecule has 1 aromatic rings. The van der Waals surface area contributed by atoms with E-state index in [1.54, 1.807) is 0 Å². The van der Waals surface area contributed by atoms with E-state index in [0.29, 0.717) is 6.04 Å². The lowest BCUT2D eigenvalue weighted by atomic mass is 10.2. The van der Waals surface area contributed by atoms with E-state index in [0.717, 1.165) is 25.3 Å². The molecular formula is C13H24N4. The van der Waals surface area contributed by atoms with Crippen LogP contribution in [-0.2, 0) is 13.1 Å². The number of rotatable bonds is 5. The van der Waals surface area contributed by atoms with Gasteiger partial charge in [-0.05, 0) is 40.3 Å². The van der Waals surface area contributed by atoms with Gasteiger partial charge in [-0.1, -0.05) is 0 Å². The third-order valence-corrected chi connectivity index (χ3v) is 3.51. The van der Waals surface area contributed by atoms with Crippen molar-refractivity contribution in [2.75, 3.05) is 20.1 Å². The molecule has 2 rings (SSSR count). The maximum atomic E-state index is 4.49. The number of nitrogens with one attached hydrogen (secondary N) is 1. The summed E-state index contributed by atoms with van der Waals surface area (Å²) in [6.07, 6.45) is 4.82. The molecule has 1 aromatic heterocycles. The van der Waals surface area contributed by atoms with Crippen LogP contribution in [0, 0.1) is 6.92 Å². The fourth-order valence-corrected chi connectivity index (χ4v) is 2.52. The molecule has 4 nitrogen and oxygen atoms in total. The smallest absolute Gasteiger partial charge is 0.0638 e. The van der Waals surface area contributed by atoms with Gasteiger partial charge in [-0.3, -0.25) is 4.68 Å². The molecular weight excluding hydrogens is 212 g/mol. The Morgan fingerprint density at radius 3 is 3.00 bits per heavy atom. The van der Waals surface area contributed by atoms with Crippen LogP contribution < -0.4 is 5.32 Å². The second kappa shape index (κ2) is 5.65. The third-order valence-electron chi connectivity index (χ3n) is 3.51. The highest BCUT2D eigenvalue weighted by atomic mass is 15.3. The van der Waals surface area contributed by atoms with Gasteiger partial charge >= 0.3 is 0 Å². The van der Waals surface area contributed by atoms with Crippen molar-refractivity contribution in [1.29, 1.82) is 0 Å². The van der Waals surface area contributed by atoms with Crippen LogP contribution in [-0.4, -0.2) is 40.9 Å². The lowest BCUT2D eigenvalue weighted by molar-refractivity contribution is 0.292. The van der Waals surface area contributed by atoms with Crippen LogP contribution in [0.15, 0.2) is 6.20 Å². The van der Waals surface area contributed by atoms with Crippen LogP contribution in [0.4, 0.5) is 0 Å². The second-order valence-electron chi connectivity index (χ2n) is 5.09. The Morgan fingerprint density at radius 1 is 1.59 bits per heavy atom. The molecule has 0 amide bonds. The van der Waals surface area contributed by atoms with Crippen LogP contribution in [0.5, 0.6) is 0 Å².